The van der Waals surface area contributed by atoms with Crippen molar-refractivity contribution in [3.05, 3.63) is 46.3 Å². The van der Waals surface area contributed by atoms with Gasteiger partial charge in [-0.05, 0) is 66.9 Å². The van der Waals surface area contributed by atoms with Crippen LogP contribution in [-0.4, -0.2) is 43.7 Å². The Balaban J connectivity index is 1.26. The van der Waals surface area contributed by atoms with Gasteiger partial charge in [0.25, 0.3) is 0 Å². The van der Waals surface area contributed by atoms with E-state index in [9.17, 15) is 36.7 Å². The van der Waals surface area contributed by atoms with Gasteiger partial charge in [-0.25, -0.2) is 18.3 Å². The van der Waals surface area contributed by atoms with Gasteiger partial charge in [-0.1, -0.05) is 0 Å². The Morgan fingerprint density at radius 2 is 1.79 bits per heavy atom. The van der Waals surface area contributed by atoms with E-state index >= 15 is 0 Å². The number of carbonyl (C=O) groups is 2. The van der Waals surface area contributed by atoms with E-state index in [1.165, 1.54) is 10.7 Å². The lowest BCUT2D eigenvalue weighted by atomic mass is 9.81. The maximum absolute atomic E-state index is 14.0. The van der Waals surface area contributed by atoms with Crippen LogP contribution in [0.1, 0.15) is 110 Å². The third-order valence-electron chi connectivity index (χ3n) is 8.43. The number of rotatable bonds is 10. The Hall–Kier alpha value is -3.85. The minimum absolute atomic E-state index is 0.0522. The van der Waals surface area contributed by atoms with Crippen LogP contribution in [-0.2, 0) is 4.79 Å². The van der Waals surface area contributed by atoms with Crippen LogP contribution in [0.25, 0.3) is 5.65 Å². The molecular formula is C27H30F5N7O4. The highest BCUT2D eigenvalue weighted by Crippen LogP contribution is 2.43. The minimum atomic E-state index is -4.44. The van der Waals surface area contributed by atoms with Crippen LogP contribution in [0.15, 0.2) is 23.1 Å². The topological polar surface area (TPSA) is 141 Å². The Labute approximate surface area is 241 Å². The zero-order chi connectivity index (χ0) is 30.5. The number of aromatic nitrogens is 5. The SMILES string of the molecule is O=C(CCC(F)(F)F)N[C@@H](c1cnn2cc([C@@H](NC(=O)c3no[n+]([O-])c3C3CC3)C3CCC(F)(F)CC3)nc2c1)C1CC1. The summed E-state index contributed by atoms with van der Waals surface area (Å²) >= 11 is 0. The van der Waals surface area contributed by atoms with Crippen LogP contribution >= 0.6 is 0 Å². The number of nitrogens with one attached hydrogen (secondary N) is 2. The molecule has 0 saturated heterocycles. The molecule has 232 valence electrons. The van der Waals surface area contributed by atoms with E-state index in [2.05, 4.69) is 30.5 Å². The molecule has 3 aromatic heterocycles. The molecule has 2 N–H and O–H groups in total. The van der Waals surface area contributed by atoms with Crippen molar-refractivity contribution in [2.75, 3.05) is 0 Å². The standard InChI is InChI=1S/C27H30F5N7O4/c28-26(29)8-5-15(6-9-26)22(36-25(41)23-24(16-3-4-16)39(42)43-37-23)18-13-38-19(34-18)11-17(12-33-38)21(14-1-2-14)35-20(40)7-10-27(30,31)32/h11-16,21-22H,1-10H2,(H,35,40)(H,36,41)/t21-,22+/m1/s1. The zero-order valence-electron chi connectivity index (χ0n) is 22.9. The summed E-state index contributed by atoms with van der Waals surface area (Å²) < 4.78 is 72.0. The highest BCUT2D eigenvalue weighted by molar-refractivity contribution is 5.93. The van der Waals surface area contributed by atoms with Crippen molar-refractivity contribution in [3.8, 4) is 0 Å². The second-order valence-electron chi connectivity index (χ2n) is 11.8. The highest BCUT2D eigenvalue weighted by atomic mass is 19.4. The van der Waals surface area contributed by atoms with Crippen LogP contribution in [0, 0.1) is 17.0 Å². The Morgan fingerprint density at radius 1 is 1.09 bits per heavy atom. The molecule has 16 heteroatoms. The third-order valence-corrected chi connectivity index (χ3v) is 8.43. The molecule has 2 amide bonds. The molecule has 0 radical (unpaired) electrons. The third kappa shape index (κ3) is 6.72. The van der Waals surface area contributed by atoms with Crippen LogP contribution in [0.2, 0.25) is 0 Å². The van der Waals surface area contributed by atoms with Gasteiger partial charge in [-0.2, -0.15) is 18.3 Å². The van der Waals surface area contributed by atoms with Gasteiger partial charge in [0.2, 0.25) is 17.5 Å². The van der Waals surface area contributed by atoms with Gasteiger partial charge in [0.05, 0.1) is 41.7 Å². The predicted molar refractivity (Wildman–Crippen MR) is 136 cm³/mol. The van der Waals surface area contributed by atoms with Crippen molar-refractivity contribution in [2.45, 2.75) is 94.3 Å². The summed E-state index contributed by atoms with van der Waals surface area (Å²) in [6.45, 7) is 0. The summed E-state index contributed by atoms with van der Waals surface area (Å²) in [4.78, 5) is 30.5. The number of fused-ring (bicyclic) bond motifs is 1. The van der Waals surface area contributed by atoms with Gasteiger partial charge in [-0.3, -0.25) is 14.2 Å². The molecule has 0 unspecified atom stereocenters. The summed E-state index contributed by atoms with van der Waals surface area (Å²) in [5.41, 5.74) is 1.26. The molecule has 0 aliphatic heterocycles. The van der Waals surface area contributed by atoms with Gasteiger partial charge < -0.3 is 15.8 Å². The second kappa shape index (κ2) is 11.0. The van der Waals surface area contributed by atoms with Crippen LogP contribution < -0.4 is 15.5 Å². The first kappa shape index (κ1) is 29.2. The van der Waals surface area contributed by atoms with Crippen molar-refractivity contribution in [2.24, 2.45) is 11.8 Å². The lowest BCUT2D eigenvalue weighted by Crippen LogP contribution is -2.38. The molecular weight excluding hydrogens is 581 g/mol. The number of hydrogen-bond acceptors (Lipinski definition) is 7. The van der Waals surface area contributed by atoms with Gasteiger partial charge in [0, 0.05) is 25.2 Å². The summed E-state index contributed by atoms with van der Waals surface area (Å²) in [5.74, 6) is -4.67. The molecule has 0 aromatic carbocycles. The summed E-state index contributed by atoms with van der Waals surface area (Å²) in [7, 11) is 0. The van der Waals surface area contributed by atoms with Crippen molar-refractivity contribution >= 4 is 17.5 Å². The molecule has 3 aliphatic rings. The van der Waals surface area contributed by atoms with Crippen LogP contribution in [0.3, 0.4) is 0 Å². The molecule has 0 spiro atoms. The lowest BCUT2D eigenvalue weighted by Gasteiger charge is -2.33. The number of carbonyl (C=O) groups excluding carboxylic acids is 2. The van der Waals surface area contributed by atoms with E-state index in [4.69, 9.17) is 0 Å². The number of hydrogen-bond donors (Lipinski definition) is 2. The monoisotopic (exact) mass is 611 g/mol. The molecule has 3 heterocycles. The van der Waals surface area contributed by atoms with E-state index in [0.717, 1.165) is 25.7 Å². The van der Waals surface area contributed by atoms with Gasteiger partial charge in [-0.15, -0.1) is 0 Å². The normalized spacial score (nSPS) is 20.6. The van der Waals surface area contributed by atoms with Gasteiger partial charge >= 0.3 is 17.8 Å². The Kier molecular flexibility index (Phi) is 7.49. The summed E-state index contributed by atoms with van der Waals surface area (Å²) in [5, 5.41) is 25.7. The first-order valence-corrected chi connectivity index (χ1v) is 14.4. The first-order chi connectivity index (χ1) is 20.4. The van der Waals surface area contributed by atoms with E-state index in [1.807, 2.05) is 0 Å². The van der Waals surface area contributed by atoms with Crippen molar-refractivity contribution in [3.63, 3.8) is 0 Å². The minimum Gasteiger partial charge on any atom is -0.359 e. The number of imidazole rings is 1. The number of amides is 2. The average Bonchev–Trinajstić information content (AvgIpc) is 3.88. The predicted octanol–water partition coefficient (Wildman–Crippen LogP) is 4.43. The average molecular weight is 612 g/mol. The van der Waals surface area contributed by atoms with Gasteiger partial charge in [0.15, 0.2) is 5.65 Å². The zero-order valence-corrected chi connectivity index (χ0v) is 22.9. The fourth-order valence-electron chi connectivity index (χ4n) is 5.78. The molecule has 3 saturated carbocycles. The van der Waals surface area contributed by atoms with Crippen molar-refractivity contribution in [1.29, 1.82) is 0 Å². The maximum Gasteiger partial charge on any atom is 0.389 e. The van der Waals surface area contributed by atoms with E-state index < -0.39 is 54.8 Å². The summed E-state index contributed by atoms with van der Waals surface area (Å²) in [6.07, 6.45) is -0.706. The molecule has 3 aromatic rings. The smallest absolute Gasteiger partial charge is 0.359 e. The van der Waals surface area contributed by atoms with Gasteiger partial charge in [0.1, 0.15) is 0 Å². The number of halogens is 5. The molecule has 3 aliphatic carbocycles. The van der Waals surface area contributed by atoms with E-state index in [0.29, 0.717) is 16.9 Å². The fourth-order valence-corrected chi connectivity index (χ4v) is 5.78. The molecule has 3 fully saturated rings. The van der Waals surface area contributed by atoms with Crippen molar-refractivity contribution in [1.82, 2.24) is 30.4 Å². The molecule has 6 rings (SSSR count). The molecule has 43 heavy (non-hydrogen) atoms. The second-order valence-corrected chi connectivity index (χ2v) is 11.8. The fraction of sp³-hybridized carbons (Fsp3) is 0.630. The Morgan fingerprint density at radius 3 is 2.44 bits per heavy atom. The molecule has 0 bridgehead atoms. The van der Waals surface area contributed by atoms with E-state index in [-0.39, 0.29) is 53.8 Å². The first-order valence-electron chi connectivity index (χ1n) is 14.4. The maximum atomic E-state index is 14.0. The van der Waals surface area contributed by atoms with E-state index in [1.54, 1.807) is 12.3 Å². The van der Waals surface area contributed by atoms with Crippen LogP contribution in [0.4, 0.5) is 22.0 Å². The number of nitrogens with zero attached hydrogens (tertiary/aromatic N) is 5. The highest BCUT2D eigenvalue weighted by Gasteiger charge is 2.43. The lowest BCUT2D eigenvalue weighted by molar-refractivity contribution is -0.808. The van der Waals surface area contributed by atoms with Crippen molar-refractivity contribution < 1.29 is 41.1 Å². The van der Waals surface area contributed by atoms with Crippen LogP contribution in [0.5, 0.6) is 0 Å². The number of alkyl halides is 5. The summed E-state index contributed by atoms with van der Waals surface area (Å²) in [6, 6.07) is 0.320. The quantitative estimate of drug-likeness (QED) is 0.255. The molecule has 2 atom stereocenters. The molecule has 11 nitrogen and oxygen atoms in total. The Bertz CT molecular complexity index is 1500. The largest absolute Gasteiger partial charge is 0.389 e.